The van der Waals surface area contributed by atoms with Crippen molar-refractivity contribution in [1.29, 1.82) is 0 Å². The molecule has 1 aliphatic rings. The van der Waals surface area contributed by atoms with Crippen molar-refractivity contribution in [2.45, 2.75) is 25.8 Å². The summed E-state index contributed by atoms with van der Waals surface area (Å²) in [4.78, 5) is 23.2. The van der Waals surface area contributed by atoms with E-state index in [0.29, 0.717) is 13.0 Å². The van der Waals surface area contributed by atoms with E-state index >= 15 is 0 Å². The van der Waals surface area contributed by atoms with Gasteiger partial charge in [-0.25, -0.2) is 9.59 Å². The minimum Gasteiger partial charge on any atom is -0.480 e. The van der Waals surface area contributed by atoms with Gasteiger partial charge in [-0.1, -0.05) is 0 Å². The lowest BCUT2D eigenvalue weighted by Gasteiger charge is -2.15. The van der Waals surface area contributed by atoms with E-state index in [0.717, 1.165) is 6.42 Å². The normalized spacial score (nSPS) is 22.4. The van der Waals surface area contributed by atoms with E-state index in [4.69, 9.17) is 5.11 Å². The summed E-state index contributed by atoms with van der Waals surface area (Å²) < 4.78 is 0. The number of carbonyl (C=O) groups excluding carboxylic acids is 1. The lowest BCUT2D eigenvalue weighted by molar-refractivity contribution is -0.147. The highest BCUT2D eigenvalue weighted by Crippen LogP contribution is 2.17. The summed E-state index contributed by atoms with van der Waals surface area (Å²) in [7, 11) is 0. The van der Waals surface area contributed by atoms with Gasteiger partial charge >= 0.3 is 11.9 Å². The monoisotopic (exact) mass is 170 g/mol. The summed E-state index contributed by atoms with van der Waals surface area (Å²) >= 11 is 0. The van der Waals surface area contributed by atoms with Crippen LogP contribution in [0.15, 0.2) is 0 Å². The lowest BCUT2D eigenvalue weighted by Crippen LogP contribution is -2.40. The Bertz CT molecular complexity index is 202. The first-order valence-electron chi connectivity index (χ1n) is 3.99. The van der Waals surface area contributed by atoms with E-state index in [1.807, 2.05) is 0 Å². The molecule has 1 fully saturated rings. The molecular weight excluding hydrogens is 158 g/mol. The third-order valence-corrected chi connectivity index (χ3v) is 2.07. The Morgan fingerprint density at radius 2 is 2.25 bits per heavy atom. The van der Waals surface area contributed by atoms with Gasteiger partial charge in [0.05, 0.1) is 6.92 Å². The van der Waals surface area contributed by atoms with Crippen molar-refractivity contribution in [3.05, 3.63) is 6.42 Å². The van der Waals surface area contributed by atoms with Crippen LogP contribution in [0.25, 0.3) is 0 Å². The molecule has 0 radical (unpaired) electrons. The van der Waals surface area contributed by atoms with Crippen molar-refractivity contribution < 1.29 is 14.7 Å². The fourth-order valence-corrected chi connectivity index (χ4v) is 1.45. The third kappa shape index (κ3) is 1.52. The summed E-state index contributed by atoms with van der Waals surface area (Å²) in [5.41, 5.74) is 0. The number of carboxylic acid groups (broad SMARTS) is 1. The van der Waals surface area contributed by atoms with Crippen LogP contribution in [-0.4, -0.2) is 34.5 Å². The molecule has 1 amide bonds. The van der Waals surface area contributed by atoms with Gasteiger partial charge in [-0.3, -0.25) is 4.90 Å². The van der Waals surface area contributed by atoms with E-state index in [1.165, 1.54) is 11.3 Å². The number of nitrogens with zero attached hydrogens (tertiary/aromatic N) is 1. The van der Waals surface area contributed by atoms with Gasteiger partial charge < -0.3 is 5.11 Å². The number of carbonyl (C=O) groups is 2. The molecule has 0 bridgehead atoms. The van der Waals surface area contributed by atoms with E-state index in [9.17, 15) is 9.59 Å². The molecule has 0 saturated carbocycles. The number of hydrogen-bond acceptors (Lipinski definition) is 2. The summed E-state index contributed by atoms with van der Waals surface area (Å²) in [5, 5.41) is 8.72. The molecule has 12 heavy (non-hydrogen) atoms. The first-order chi connectivity index (χ1) is 5.66. The Morgan fingerprint density at radius 1 is 1.58 bits per heavy atom. The van der Waals surface area contributed by atoms with Gasteiger partial charge in [-0.2, -0.15) is 0 Å². The summed E-state index contributed by atoms with van der Waals surface area (Å²) in [5.74, 6) is -1.08. The van der Waals surface area contributed by atoms with E-state index in [-0.39, 0.29) is 5.91 Å². The quantitative estimate of drug-likeness (QED) is 0.606. The zero-order valence-electron chi connectivity index (χ0n) is 6.99. The van der Waals surface area contributed by atoms with Crippen LogP contribution in [0.1, 0.15) is 19.8 Å². The maximum atomic E-state index is 11.1. The average molecular weight is 170 g/mol. The second-order valence-electron chi connectivity index (χ2n) is 2.82. The molecule has 1 heterocycles. The number of amides is 1. The van der Waals surface area contributed by atoms with Crippen LogP contribution >= 0.6 is 0 Å². The highest BCUT2D eigenvalue weighted by atomic mass is 16.4. The minimum atomic E-state index is -0.900. The van der Waals surface area contributed by atoms with Crippen molar-refractivity contribution in [2.24, 2.45) is 0 Å². The molecule has 1 rings (SSSR count). The van der Waals surface area contributed by atoms with Crippen LogP contribution in [0, 0.1) is 6.42 Å². The number of carboxylic acids is 1. The van der Waals surface area contributed by atoms with Gasteiger partial charge in [0, 0.05) is 6.54 Å². The van der Waals surface area contributed by atoms with Crippen molar-refractivity contribution in [1.82, 2.24) is 4.90 Å². The van der Waals surface area contributed by atoms with Crippen LogP contribution in [0.2, 0.25) is 0 Å². The molecule has 0 aromatic carbocycles. The molecule has 1 N–H and O–H groups in total. The SMILES string of the molecule is C[CH+]C(=O)N1CCC[C@H]1C(=O)O. The second kappa shape index (κ2) is 3.47. The van der Waals surface area contributed by atoms with E-state index < -0.39 is 12.0 Å². The number of rotatable bonds is 2. The molecule has 1 aliphatic heterocycles. The van der Waals surface area contributed by atoms with Crippen molar-refractivity contribution in [2.75, 3.05) is 6.54 Å². The lowest BCUT2D eigenvalue weighted by atomic mass is 10.2. The molecule has 1 atom stereocenters. The fourth-order valence-electron chi connectivity index (χ4n) is 1.45. The number of hydrogen-bond donors (Lipinski definition) is 1. The number of aliphatic carboxylic acids is 1. The summed E-state index contributed by atoms with van der Waals surface area (Å²) in [6.07, 6.45) is 2.77. The zero-order valence-corrected chi connectivity index (χ0v) is 6.99. The Morgan fingerprint density at radius 3 is 2.75 bits per heavy atom. The van der Waals surface area contributed by atoms with Gasteiger partial charge in [0.2, 0.25) is 0 Å². The maximum Gasteiger partial charge on any atom is 0.404 e. The fraction of sp³-hybridized carbons (Fsp3) is 0.625. The summed E-state index contributed by atoms with van der Waals surface area (Å²) in [6, 6.07) is -0.603. The first-order valence-corrected chi connectivity index (χ1v) is 3.99. The Balaban J connectivity index is 2.63. The van der Waals surface area contributed by atoms with Crippen LogP contribution in [0.5, 0.6) is 0 Å². The Hall–Kier alpha value is -1.19. The summed E-state index contributed by atoms with van der Waals surface area (Å²) in [6.45, 7) is 2.19. The van der Waals surface area contributed by atoms with Crippen molar-refractivity contribution >= 4 is 11.9 Å². The molecule has 4 heteroatoms. The largest absolute Gasteiger partial charge is 0.480 e. The van der Waals surface area contributed by atoms with E-state index in [2.05, 4.69) is 0 Å². The molecule has 0 aromatic rings. The smallest absolute Gasteiger partial charge is 0.404 e. The highest BCUT2D eigenvalue weighted by Gasteiger charge is 2.36. The molecule has 4 nitrogen and oxygen atoms in total. The zero-order chi connectivity index (χ0) is 9.14. The molecule has 0 aliphatic carbocycles. The Kier molecular flexibility index (Phi) is 2.58. The molecule has 66 valence electrons. The minimum absolute atomic E-state index is 0.181. The van der Waals surface area contributed by atoms with Crippen LogP contribution < -0.4 is 0 Å². The first kappa shape index (κ1) is 8.90. The predicted molar refractivity (Wildman–Crippen MR) is 42.3 cm³/mol. The average Bonchev–Trinajstić information content (AvgIpc) is 2.50. The molecule has 0 unspecified atom stereocenters. The van der Waals surface area contributed by atoms with Gasteiger partial charge in [-0.05, 0) is 12.8 Å². The molecule has 1 saturated heterocycles. The molecule has 0 spiro atoms. The topological polar surface area (TPSA) is 57.6 Å². The van der Waals surface area contributed by atoms with Crippen LogP contribution in [0.3, 0.4) is 0 Å². The number of likely N-dealkylation sites (tertiary alicyclic amines) is 1. The predicted octanol–water partition coefficient (Wildman–Crippen LogP) is 0.286. The van der Waals surface area contributed by atoms with Gasteiger partial charge in [0.15, 0.2) is 6.42 Å². The van der Waals surface area contributed by atoms with Crippen LogP contribution in [0.4, 0.5) is 0 Å². The highest BCUT2D eigenvalue weighted by molar-refractivity contribution is 5.89. The van der Waals surface area contributed by atoms with E-state index in [1.54, 1.807) is 6.92 Å². The van der Waals surface area contributed by atoms with Crippen LogP contribution in [-0.2, 0) is 9.59 Å². The van der Waals surface area contributed by atoms with Crippen molar-refractivity contribution in [3.8, 4) is 0 Å². The van der Waals surface area contributed by atoms with Gasteiger partial charge in [0.25, 0.3) is 0 Å². The second-order valence-corrected chi connectivity index (χ2v) is 2.82. The Labute approximate surface area is 71.2 Å². The standard InChI is InChI=1S/C8H11NO3/c1-2-7(10)9-5-3-4-6(9)8(11)12/h2,6H,3-5H2,1H3/p+1/t6-/m0/s1. The van der Waals surface area contributed by atoms with Crippen molar-refractivity contribution in [3.63, 3.8) is 0 Å². The van der Waals surface area contributed by atoms with Gasteiger partial charge in [-0.15, -0.1) is 0 Å². The molecule has 0 aromatic heterocycles. The third-order valence-electron chi connectivity index (χ3n) is 2.07. The maximum absolute atomic E-state index is 11.1. The van der Waals surface area contributed by atoms with Gasteiger partial charge in [0.1, 0.15) is 6.04 Å². The molecular formula is C8H12NO3+.